The predicted molar refractivity (Wildman–Crippen MR) is 79.0 cm³/mol. The topological polar surface area (TPSA) is 62.3 Å². The van der Waals surface area contributed by atoms with Gasteiger partial charge in [0.05, 0.1) is 5.01 Å². The Balaban J connectivity index is 1.78. The first-order chi connectivity index (χ1) is 9.58. The van der Waals surface area contributed by atoms with Gasteiger partial charge in [-0.2, -0.15) is 0 Å². The minimum atomic E-state index is -0.155. The van der Waals surface area contributed by atoms with E-state index in [1.165, 1.54) is 11.3 Å². The van der Waals surface area contributed by atoms with Crippen molar-refractivity contribution in [2.75, 3.05) is 19.6 Å². The Bertz CT molecular complexity index is 485. The van der Waals surface area contributed by atoms with E-state index in [4.69, 9.17) is 0 Å². The maximum atomic E-state index is 11.9. The van der Waals surface area contributed by atoms with E-state index < -0.39 is 0 Å². The van der Waals surface area contributed by atoms with Crippen molar-refractivity contribution in [2.24, 2.45) is 0 Å². The molecule has 1 aromatic rings. The summed E-state index contributed by atoms with van der Waals surface area (Å²) in [5.74, 6) is 0.381. The van der Waals surface area contributed by atoms with Gasteiger partial charge in [-0.3, -0.25) is 9.59 Å². The molecule has 1 N–H and O–H groups in total. The molecule has 0 aromatic carbocycles. The lowest BCUT2D eigenvalue weighted by Gasteiger charge is -2.26. The summed E-state index contributed by atoms with van der Waals surface area (Å²) in [6, 6.07) is 0. The van der Waals surface area contributed by atoms with Gasteiger partial charge in [-0.25, -0.2) is 4.98 Å². The molecule has 0 saturated carbocycles. The van der Waals surface area contributed by atoms with Crippen LogP contribution in [-0.4, -0.2) is 41.3 Å². The Hall–Kier alpha value is -1.43. The Labute approximate surface area is 123 Å². The number of likely N-dealkylation sites (tertiary alicyclic amines) is 1. The summed E-state index contributed by atoms with van der Waals surface area (Å²) in [6.07, 6.45) is 2.68. The van der Waals surface area contributed by atoms with Gasteiger partial charge in [0.25, 0.3) is 5.91 Å². The van der Waals surface area contributed by atoms with Crippen LogP contribution in [0.4, 0.5) is 0 Å². The van der Waals surface area contributed by atoms with Gasteiger partial charge >= 0.3 is 0 Å². The van der Waals surface area contributed by atoms with Gasteiger partial charge in [-0.1, -0.05) is 13.8 Å². The summed E-state index contributed by atoms with van der Waals surface area (Å²) in [5, 5.41) is 5.59. The lowest BCUT2D eigenvalue weighted by molar-refractivity contribution is -0.133. The molecule has 0 spiro atoms. The van der Waals surface area contributed by atoms with Gasteiger partial charge in [0.2, 0.25) is 5.91 Å². The zero-order valence-electron chi connectivity index (χ0n) is 12.0. The number of nitrogens with zero attached hydrogens (tertiary/aromatic N) is 2. The number of hydrogen-bond acceptors (Lipinski definition) is 4. The molecule has 0 atom stereocenters. The lowest BCUT2D eigenvalue weighted by Crippen LogP contribution is -2.41. The molecule has 2 heterocycles. The molecule has 0 aliphatic carbocycles. The van der Waals surface area contributed by atoms with Crippen molar-refractivity contribution < 1.29 is 9.59 Å². The molecule has 0 bridgehead atoms. The summed E-state index contributed by atoms with van der Waals surface area (Å²) in [6.45, 7) is 6.00. The van der Waals surface area contributed by atoms with Gasteiger partial charge in [0, 0.05) is 37.4 Å². The van der Waals surface area contributed by atoms with Crippen LogP contribution in [0, 0.1) is 0 Å². The molecule has 1 saturated heterocycles. The van der Waals surface area contributed by atoms with Gasteiger partial charge in [-0.05, 0) is 12.8 Å². The molecule has 2 amide bonds. The monoisotopic (exact) mass is 295 g/mol. The SMILES string of the molecule is CC(C)c1nc(C(=O)NCCN2CCCCC2=O)cs1. The molecule has 1 aromatic heterocycles. The second-order valence-corrected chi connectivity index (χ2v) is 6.21. The third-order valence-electron chi connectivity index (χ3n) is 3.34. The number of nitrogens with one attached hydrogen (secondary N) is 1. The van der Waals surface area contributed by atoms with E-state index in [9.17, 15) is 9.59 Å². The molecule has 1 fully saturated rings. The fourth-order valence-electron chi connectivity index (χ4n) is 2.15. The standard InChI is InChI=1S/C14H21N3O2S/c1-10(2)14-16-11(9-20-14)13(19)15-6-8-17-7-4-3-5-12(17)18/h9-10H,3-8H2,1-2H3,(H,15,19). The van der Waals surface area contributed by atoms with Crippen molar-refractivity contribution in [3.8, 4) is 0 Å². The van der Waals surface area contributed by atoms with Crippen LogP contribution < -0.4 is 5.32 Å². The molecule has 20 heavy (non-hydrogen) atoms. The number of amides is 2. The molecular formula is C14H21N3O2S. The molecule has 110 valence electrons. The van der Waals surface area contributed by atoms with Crippen molar-refractivity contribution in [1.82, 2.24) is 15.2 Å². The van der Waals surface area contributed by atoms with E-state index in [0.29, 0.717) is 31.1 Å². The maximum absolute atomic E-state index is 11.9. The highest BCUT2D eigenvalue weighted by Crippen LogP contribution is 2.18. The van der Waals surface area contributed by atoms with Crippen LogP contribution in [0.1, 0.15) is 54.5 Å². The van der Waals surface area contributed by atoms with Crippen LogP contribution in [0.3, 0.4) is 0 Å². The highest BCUT2D eigenvalue weighted by Gasteiger charge is 2.18. The van der Waals surface area contributed by atoms with Crippen molar-refractivity contribution in [1.29, 1.82) is 0 Å². The largest absolute Gasteiger partial charge is 0.349 e. The van der Waals surface area contributed by atoms with Gasteiger partial charge in [0.15, 0.2) is 0 Å². The average Bonchev–Trinajstić information content (AvgIpc) is 2.91. The van der Waals surface area contributed by atoms with Gasteiger partial charge in [0.1, 0.15) is 5.69 Å². The summed E-state index contributed by atoms with van der Waals surface area (Å²) >= 11 is 1.51. The minimum Gasteiger partial charge on any atom is -0.349 e. The maximum Gasteiger partial charge on any atom is 0.270 e. The second-order valence-electron chi connectivity index (χ2n) is 5.32. The first kappa shape index (κ1) is 15.0. The average molecular weight is 295 g/mol. The third-order valence-corrected chi connectivity index (χ3v) is 4.48. The summed E-state index contributed by atoms with van der Waals surface area (Å²) in [5.41, 5.74) is 0.476. The molecule has 1 aliphatic heterocycles. The number of aromatic nitrogens is 1. The predicted octanol–water partition coefficient (Wildman–Crippen LogP) is 2.01. The highest BCUT2D eigenvalue weighted by molar-refractivity contribution is 7.09. The van der Waals surface area contributed by atoms with Crippen LogP contribution in [0.2, 0.25) is 0 Å². The van der Waals surface area contributed by atoms with Crippen LogP contribution in [-0.2, 0) is 4.79 Å². The molecule has 6 heteroatoms. The number of hydrogen-bond donors (Lipinski definition) is 1. The number of rotatable bonds is 5. The van der Waals surface area contributed by atoms with Gasteiger partial charge < -0.3 is 10.2 Å². The fourth-order valence-corrected chi connectivity index (χ4v) is 2.97. The zero-order chi connectivity index (χ0) is 14.5. The van der Waals surface area contributed by atoms with Crippen LogP contribution in [0.5, 0.6) is 0 Å². The molecule has 0 radical (unpaired) electrons. The van der Waals surface area contributed by atoms with Crippen LogP contribution >= 0.6 is 11.3 Å². The normalized spacial score (nSPS) is 15.8. The molecule has 1 aliphatic rings. The Morgan fingerprint density at radius 1 is 1.50 bits per heavy atom. The van der Waals surface area contributed by atoms with Crippen molar-refractivity contribution in [2.45, 2.75) is 39.0 Å². The number of thiazole rings is 1. The van der Waals surface area contributed by atoms with Gasteiger partial charge in [-0.15, -0.1) is 11.3 Å². The molecule has 2 rings (SSSR count). The summed E-state index contributed by atoms with van der Waals surface area (Å²) in [4.78, 5) is 29.7. The molecule has 0 unspecified atom stereocenters. The van der Waals surface area contributed by atoms with E-state index in [1.54, 1.807) is 5.38 Å². The highest BCUT2D eigenvalue weighted by atomic mass is 32.1. The van der Waals surface area contributed by atoms with E-state index in [1.807, 2.05) is 4.90 Å². The van der Waals surface area contributed by atoms with Crippen molar-refractivity contribution >= 4 is 23.2 Å². The molecule has 5 nitrogen and oxygen atoms in total. The Morgan fingerprint density at radius 3 is 2.95 bits per heavy atom. The molecular weight excluding hydrogens is 274 g/mol. The first-order valence-corrected chi connectivity index (χ1v) is 7.97. The second kappa shape index (κ2) is 6.83. The zero-order valence-corrected chi connectivity index (χ0v) is 12.8. The summed E-state index contributed by atoms with van der Waals surface area (Å²) < 4.78 is 0. The number of carbonyl (C=O) groups excluding carboxylic acids is 2. The van der Waals surface area contributed by atoms with Crippen LogP contribution in [0.15, 0.2) is 5.38 Å². The van der Waals surface area contributed by atoms with E-state index >= 15 is 0 Å². The van der Waals surface area contributed by atoms with E-state index in [2.05, 4.69) is 24.1 Å². The number of piperidine rings is 1. The minimum absolute atomic E-state index is 0.155. The number of carbonyl (C=O) groups is 2. The smallest absolute Gasteiger partial charge is 0.270 e. The summed E-state index contributed by atoms with van der Waals surface area (Å²) in [7, 11) is 0. The van der Waals surface area contributed by atoms with E-state index in [-0.39, 0.29) is 11.8 Å². The quantitative estimate of drug-likeness (QED) is 0.904. The Kier molecular flexibility index (Phi) is 5.11. The van der Waals surface area contributed by atoms with Crippen molar-refractivity contribution in [3.63, 3.8) is 0 Å². The van der Waals surface area contributed by atoms with Crippen molar-refractivity contribution in [3.05, 3.63) is 16.1 Å². The third kappa shape index (κ3) is 3.79. The lowest BCUT2D eigenvalue weighted by atomic mass is 10.1. The Morgan fingerprint density at radius 2 is 2.30 bits per heavy atom. The first-order valence-electron chi connectivity index (χ1n) is 7.09. The van der Waals surface area contributed by atoms with E-state index in [0.717, 1.165) is 24.4 Å². The fraction of sp³-hybridized carbons (Fsp3) is 0.643. The van der Waals surface area contributed by atoms with Crippen LogP contribution in [0.25, 0.3) is 0 Å².